The number of aromatic nitrogens is 5. The Labute approximate surface area is 161 Å². The Hall–Kier alpha value is -3.55. The first-order valence-corrected chi connectivity index (χ1v) is 9.21. The van der Waals surface area contributed by atoms with Crippen molar-refractivity contribution in [2.45, 2.75) is 33.1 Å². The molecule has 0 aliphatic heterocycles. The van der Waals surface area contributed by atoms with Gasteiger partial charge in [-0.15, -0.1) is 10.2 Å². The molecule has 0 unspecified atom stereocenters. The Balaban J connectivity index is 1.52. The fourth-order valence-electron chi connectivity index (χ4n) is 2.93. The van der Waals surface area contributed by atoms with E-state index in [2.05, 4.69) is 32.6 Å². The van der Waals surface area contributed by atoms with Crippen LogP contribution in [0.3, 0.4) is 0 Å². The Morgan fingerprint density at radius 2 is 2.04 bits per heavy atom. The average Bonchev–Trinajstić information content (AvgIpc) is 3.35. The van der Waals surface area contributed by atoms with E-state index in [9.17, 15) is 4.79 Å². The number of pyridine rings is 1. The van der Waals surface area contributed by atoms with Crippen molar-refractivity contribution in [2.24, 2.45) is 0 Å². The summed E-state index contributed by atoms with van der Waals surface area (Å²) < 4.78 is 7.04. The third-order valence-electron chi connectivity index (χ3n) is 4.45. The predicted octanol–water partition coefficient (Wildman–Crippen LogP) is 3.09. The van der Waals surface area contributed by atoms with E-state index >= 15 is 0 Å². The number of carbonyl (C=O) groups is 1. The molecule has 0 saturated heterocycles. The number of benzene rings is 1. The molecule has 0 spiro atoms. The van der Waals surface area contributed by atoms with Gasteiger partial charge in [-0.1, -0.05) is 31.1 Å². The van der Waals surface area contributed by atoms with Crippen LogP contribution < -0.4 is 5.32 Å². The minimum atomic E-state index is -0.142. The van der Waals surface area contributed by atoms with E-state index in [0.29, 0.717) is 29.6 Å². The largest absolute Gasteiger partial charge is 0.334 e. The molecule has 0 aliphatic carbocycles. The maximum Gasteiger partial charge on any atom is 0.258 e. The lowest BCUT2D eigenvalue weighted by Crippen LogP contribution is -2.16. The summed E-state index contributed by atoms with van der Waals surface area (Å²) in [6.45, 7) is 4.04. The first kappa shape index (κ1) is 17.8. The van der Waals surface area contributed by atoms with Gasteiger partial charge in [-0.2, -0.15) is 4.98 Å². The number of amides is 1. The van der Waals surface area contributed by atoms with Crippen molar-refractivity contribution in [1.29, 1.82) is 0 Å². The number of hydrogen-bond donors (Lipinski definition) is 1. The van der Waals surface area contributed by atoms with Gasteiger partial charge in [0.1, 0.15) is 5.82 Å². The average molecular weight is 376 g/mol. The van der Waals surface area contributed by atoms with Crippen LogP contribution in [0.5, 0.6) is 0 Å². The summed E-state index contributed by atoms with van der Waals surface area (Å²) in [7, 11) is 0. The molecule has 142 valence electrons. The first-order chi connectivity index (χ1) is 13.7. The van der Waals surface area contributed by atoms with Crippen molar-refractivity contribution in [3.63, 3.8) is 0 Å². The second-order valence-electron chi connectivity index (χ2n) is 6.41. The summed E-state index contributed by atoms with van der Waals surface area (Å²) in [5.74, 6) is 1.51. The zero-order valence-corrected chi connectivity index (χ0v) is 15.7. The van der Waals surface area contributed by atoms with Gasteiger partial charge in [-0.3, -0.25) is 9.20 Å². The van der Waals surface area contributed by atoms with E-state index in [1.807, 2.05) is 43.3 Å². The summed E-state index contributed by atoms with van der Waals surface area (Å²) in [5, 5.41) is 15.1. The van der Waals surface area contributed by atoms with Gasteiger partial charge in [0.25, 0.3) is 5.89 Å². The van der Waals surface area contributed by atoms with Crippen molar-refractivity contribution >= 4 is 17.2 Å². The molecule has 8 nitrogen and oxygen atoms in total. The van der Waals surface area contributed by atoms with Crippen molar-refractivity contribution < 1.29 is 9.32 Å². The van der Waals surface area contributed by atoms with Gasteiger partial charge in [0.2, 0.25) is 5.91 Å². The van der Waals surface area contributed by atoms with E-state index in [0.717, 1.165) is 17.7 Å². The number of nitrogens with zero attached hydrogens (tertiary/aromatic N) is 5. The SMILES string of the molecule is CCc1cccc(NC(=O)Cc2nnc3cc(-c4nc(CC)no4)ccn23)c1. The Morgan fingerprint density at radius 1 is 1.14 bits per heavy atom. The van der Waals surface area contributed by atoms with Crippen molar-refractivity contribution in [3.8, 4) is 11.5 Å². The molecule has 0 fully saturated rings. The maximum absolute atomic E-state index is 12.4. The summed E-state index contributed by atoms with van der Waals surface area (Å²) >= 11 is 0. The number of nitrogens with one attached hydrogen (secondary N) is 1. The molecule has 8 heteroatoms. The van der Waals surface area contributed by atoms with Crippen molar-refractivity contribution in [2.75, 3.05) is 5.32 Å². The summed E-state index contributed by atoms with van der Waals surface area (Å²) in [6, 6.07) is 11.5. The predicted molar refractivity (Wildman–Crippen MR) is 104 cm³/mol. The highest BCUT2D eigenvalue weighted by atomic mass is 16.5. The Kier molecular flexibility index (Phi) is 4.84. The quantitative estimate of drug-likeness (QED) is 0.555. The molecule has 4 aromatic rings. The molecule has 0 radical (unpaired) electrons. The molecule has 3 aromatic heterocycles. The van der Waals surface area contributed by atoms with Crippen molar-refractivity contribution in [1.82, 2.24) is 24.7 Å². The molecule has 28 heavy (non-hydrogen) atoms. The third kappa shape index (κ3) is 3.62. The van der Waals surface area contributed by atoms with Gasteiger partial charge in [-0.25, -0.2) is 0 Å². The zero-order chi connectivity index (χ0) is 19.5. The summed E-state index contributed by atoms with van der Waals surface area (Å²) in [6.07, 6.45) is 3.55. The minimum absolute atomic E-state index is 0.122. The van der Waals surface area contributed by atoms with Crippen LogP contribution in [-0.4, -0.2) is 30.6 Å². The van der Waals surface area contributed by atoms with Crippen LogP contribution in [0.2, 0.25) is 0 Å². The van der Waals surface area contributed by atoms with Crippen LogP contribution in [0.25, 0.3) is 17.1 Å². The number of carbonyl (C=O) groups excluding carboxylic acids is 1. The highest BCUT2D eigenvalue weighted by Crippen LogP contribution is 2.19. The molecule has 1 N–H and O–H groups in total. The molecule has 3 heterocycles. The first-order valence-electron chi connectivity index (χ1n) is 9.21. The Morgan fingerprint density at radius 3 is 2.82 bits per heavy atom. The second-order valence-corrected chi connectivity index (χ2v) is 6.41. The smallest absolute Gasteiger partial charge is 0.258 e. The molecule has 1 aromatic carbocycles. The van der Waals surface area contributed by atoms with Crippen LogP contribution in [0.4, 0.5) is 5.69 Å². The molecule has 0 bridgehead atoms. The van der Waals surface area contributed by atoms with E-state index < -0.39 is 0 Å². The highest BCUT2D eigenvalue weighted by molar-refractivity contribution is 5.92. The number of hydrogen-bond acceptors (Lipinski definition) is 6. The highest BCUT2D eigenvalue weighted by Gasteiger charge is 2.14. The molecule has 4 rings (SSSR count). The van der Waals surface area contributed by atoms with Gasteiger partial charge in [0, 0.05) is 23.9 Å². The van der Waals surface area contributed by atoms with Crippen molar-refractivity contribution in [3.05, 3.63) is 59.8 Å². The topological polar surface area (TPSA) is 98.2 Å². The van der Waals surface area contributed by atoms with Gasteiger partial charge < -0.3 is 9.84 Å². The lowest BCUT2D eigenvalue weighted by molar-refractivity contribution is -0.115. The third-order valence-corrected chi connectivity index (χ3v) is 4.45. The van der Waals surface area contributed by atoms with Gasteiger partial charge >= 0.3 is 0 Å². The number of fused-ring (bicyclic) bond motifs is 1. The maximum atomic E-state index is 12.4. The molecular formula is C20H20N6O2. The molecule has 0 atom stereocenters. The van der Waals surface area contributed by atoms with E-state index in [4.69, 9.17) is 4.52 Å². The van der Waals surface area contributed by atoms with E-state index in [1.165, 1.54) is 5.56 Å². The molecule has 1 amide bonds. The van der Waals surface area contributed by atoms with Gasteiger partial charge in [-0.05, 0) is 36.2 Å². The lowest BCUT2D eigenvalue weighted by atomic mass is 10.1. The van der Waals surface area contributed by atoms with Crippen LogP contribution in [0.15, 0.2) is 47.1 Å². The fraction of sp³-hybridized carbons (Fsp3) is 0.250. The Bertz CT molecular complexity index is 1130. The van der Waals surface area contributed by atoms with E-state index in [1.54, 1.807) is 10.6 Å². The van der Waals surface area contributed by atoms with Gasteiger partial charge in [0.15, 0.2) is 11.5 Å². The van der Waals surface area contributed by atoms with Crippen LogP contribution in [-0.2, 0) is 24.1 Å². The number of aryl methyl sites for hydroxylation is 2. The zero-order valence-electron chi connectivity index (χ0n) is 15.7. The second kappa shape index (κ2) is 7.59. The number of anilines is 1. The monoisotopic (exact) mass is 376 g/mol. The lowest BCUT2D eigenvalue weighted by Gasteiger charge is -2.06. The van der Waals surface area contributed by atoms with Crippen LogP contribution in [0.1, 0.15) is 31.1 Å². The van der Waals surface area contributed by atoms with Gasteiger partial charge in [0.05, 0.1) is 6.42 Å². The summed E-state index contributed by atoms with van der Waals surface area (Å²) in [4.78, 5) is 16.7. The van der Waals surface area contributed by atoms with Crippen LogP contribution >= 0.6 is 0 Å². The standard InChI is InChI=1S/C20H20N6O2/c1-3-13-6-5-7-15(10-13)21-19(27)12-18-24-23-17-11-14(8-9-26(17)18)20-22-16(4-2)25-28-20/h5-11H,3-4,12H2,1-2H3,(H,21,27). The van der Waals surface area contributed by atoms with Crippen LogP contribution in [0, 0.1) is 0 Å². The minimum Gasteiger partial charge on any atom is -0.334 e. The molecule has 0 aliphatic rings. The molecule has 0 saturated carbocycles. The van der Waals surface area contributed by atoms with E-state index in [-0.39, 0.29) is 12.3 Å². The summed E-state index contributed by atoms with van der Waals surface area (Å²) in [5.41, 5.74) is 3.33. The molecular weight excluding hydrogens is 356 g/mol. The number of rotatable bonds is 6. The fourth-order valence-corrected chi connectivity index (χ4v) is 2.93. The normalized spacial score (nSPS) is 11.1.